The number of nitro benzene ring substituents is 1. The summed E-state index contributed by atoms with van der Waals surface area (Å²) in [5.74, 6) is 1.16. The molecule has 0 saturated carbocycles. The maximum absolute atomic E-state index is 10.8. The third-order valence-electron chi connectivity index (χ3n) is 4.87. The van der Waals surface area contributed by atoms with E-state index in [0.717, 1.165) is 31.7 Å². The second-order valence-corrected chi connectivity index (χ2v) is 6.84. The number of anilines is 3. The Morgan fingerprint density at radius 1 is 0.867 bits per heavy atom. The first-order valence-electron chi connectivity index (χ1n) is 9.57. The number of nitrogens with zero attached hydrogens (tertiary/aromatic N) is 6. The van der Waals surface area contributed by atoms with E-state index >= 15 is 0 Å². The summed E-state index contributed by atoms with van der Waals surface area (Å²) in [6, 6.07) is 16.6. The Kier molecular flexibility index (Phi) is 5.51. The number of non-ortho nitro benzene ring substituents is 1. The molecular weight excluding hydrogens is 382 g/mol. The Labute approximate surface area is 173 Å². The highest BCUT2D eigenvalue weighted by Crippen LogP contribution is 2.19. The van der Waals surface area contributed by atoms with E-state index in [-0.39, 0.29) is 11.6 Å². The molecule has 2 aromatic carbocycles. The summed E-state index contributed by atoms with van der Waals surface area (Å²) in [6.07, 6.45) is 3.51. The van der Waals surface area contributed by atoms with Crippen molar-refractivity contribution in [1.29, 1.82) is 0 Å². The third-order valence-corrected chi connectivity index (χ3v) is 4.87. The van der Waals surface area contributed by atoms with Crippen molar-refractivity contribution in [3.8, 4) is 0 Å². The van der Waals surface area contributed by atoms with Gasteiger partial charge < -0.3 is 15.5 Å². The average Bonchev–Trinajstić information content (AvgIpc) is 2.78. The molecule has 0 amide bonds. The molecule has 0 atom stereocenters. The third kappa shape index (κ3) is 4.52. The van der Waals surface area contributed by atoms with Crippen molar-refractivity contribution in [2.24, 2.45) is 0 Å². The normalized spacial score (nSPS) is 14.3. The van der Waals surface area contributed by atoms with Crippen molar-refractivity contribution in [3.63, 3.8) is 0 Å². The van der Waals surface area contributed by atoms with Gasteiger partial charge in [-0.1, -0.05) is 24.3 Å². The van der Waals surface area contributed by atoms with E-state index in [1.807, 2.05) is 18.2 Å². The summed E-state index contributed by atoms with van der Waals surface area (Å²) >= 11 is 0. The largest absolute Gasteiger partial charge is 0.368 e. The Balaban J connectivity index is 1.45. The molecule has 2 heterocycles. The molecule has 1 aliphatic heterocycles. The molecule has 9 nitrogen and oxygen atoms in total. The standard InChI is InChI=1S/C21H21N7O2/c22-20-23-19(11-8-16-6-9-18(10-7-16)28(29)30)24-21(25-20)27-14-12-26(13-15-27)17-4-2-1-3-5-17/h1-11H,12-15H2,(H2,22,23,24,25)/b11-8-. The lowest BCUT2D eigenvalue weighted by Crippen LogP contribution is -2.47. The van der Waals surface area contributed by atoms with Gasteiger partial charge in [-0.15, -0.1) is 0 Å². The molecule has 1 aliphatic rings. The van der Waals surface area contributed by atoms with Gasteiger partial charge in [0.1, 0.15) is 0 Å². The molecule has 0 aliphatic carbocycles. The van der Waals surface area contributed by atoms with E-state index in [2.05, 4.69) is 36.9 Å². The van der Waals surface area contributed by atoms with E-state index < -0.39 is 4.92 Å². The van der Waals surface area contributed by atoms with Gasteiger partial charge in [-0.2, -0.15) is 15.0 Å². The summed E-state index contributed by atoms with van der Waals surface area (Å²) in [5, 5.41) is 10.8. The Morgan fingerprint density at radius 3 is 2.20 bits per heavy atom. The predicted molar refractivity (Wildman–Crippen MR) is 117 cm³/mol. The maximum atomic E-state index is 10.8. The average molecular weight is 403 g/mol. The molecule has 2 N–H and O–H groups in total. The fourth-order valence-corrected chi connectivity index (χ4v) is 3.29. The molecule has 4 rings (SSSR count). The molecule has 1 fully saturated rings. The van der Waals surface area contributed by atoms with E-state index in [0.29, 0.717) is 11.8 Å². The van der Waals surface area contributed by atoms with Crippen LogP contribution in [0.2, 0.25) is 0 Å². The van der Waals surface area contributed by atoms with Crippen LogP contribution in [0.3, 0.4) is 0 Å². The number of nitrogens with two attached hydrogens (primary N) is 1. The topological polar surface area (TPSA) is 114 Å². The molecule has 1 saturated heterocycles. The predicted octanol–water partition coefficient (Wildman–Crippen LogP) is 2.86. The zero-order valence-corrected chi connectivity index (χ0v) is 16.3. The summed E-state index contributed by atoms with van der Waals surface area (Å²) in [4.78, 5) is 27.8. The second kappa shape index (κ2) is 8.56. The van der Waals surface area contributed by atoms with Gasteiger partial charge in [-0.05, 0) is 35.9 Å². The number of benzene rings is 2. The molecule has 3 aromatic rings. The zero-order chi connectivity index (χ0) is 20.9. The molecule has 0 bridgehead atoms. The van der Waals surface area contributed by atoms with Crippen LogP contribution in [0.15, 0.2) is 54.6 Å². The first-order chi connectivity index (χ1) is 14.6. The van der Waals surface area contributed by atoms with Crippen molar-refractivity contribution in [3.05, 3.63) is 76.1 Å². The SMILES string of the molecule is Nc1nc(/C=C\c2ccc([N+](=O)[O-])cc2)nc(N2CCN(c3ccccc3)CC2)n1. The molecule has 152 valence electrons. The molecule has 0 unspecified atom stereocenters. The molecule has 0 spiro atoms. The van der Waals surface area contributed by atoms with Crippen LogP contribution >= 0.6 is 0 Å². The van der Waals surface area contributed by atoms with Crippen LogP contribution in [-0.2, 0) is 0 Å². The summed E-state index contributed by atoms with van der Waals surface area (Å²) < 4.78 is 0. The van der Waals surface area contributed by atoms with Gasteiger partial charge in [0.25, 0.3) is 5.69 Å². The summed E-state index contributed by atoms with van der Waals surface area (Å²) in [6.45, 7) is 3.29. The maximum Gasteiger partial charge on any atom is 0.269 e. The van der Waals surface area contributed by atoms with Gasteiger partial charge in [0.2, 0.25) is 11.9 Å². The van der Waals surface area contributed by atoms with Crippen LogP contribution in [0.4, 0.5) is 23.3 Å². The fourth-order valence-electron chi connectivity index (χ4n) is 3.29. The van der Waals surface area contributed by atoms with Crippen LogP contribution in [0.5, 0.6) is 0 Å². The lowest BCUT2D eigenvalue weighted by atomic mass is 10.2. The number of nitrogen functional groups attached to an aromatic ring is 1. The number of hydrogen-bond donors (Lipinski definition) is 1. The molecule has 30 heavy (non-hydrogen) atoms. The Bertz CT molecular complexity index is 1050. The minimum Gasteiger partial charge on any atom is -0.368 e. The van der Waals surface area contributed by atoms with Gasteiger partial charge in [0.15, 0.2) is 5.82 Å². The van der Waals surface area contributed by atoms with Gasteiger partial charge >= 0.3 is 0 Å². The number of para-hydroxylation sites is 1. The Hall–Kier alpha value is -4.01. The minimum atomic E-state index is -0.427. The minimum absolute atomic E-state index is 0.0495. The lowest BCUT2D eigenvalue weighted by molar-refractivity contribution is -0.384. The van der Waals surface area contributed by atoms with Crippen LogP contribution in [0.1, 0.15) is 11.4 Å². The number of aromatic nitrogens is 3. The van der Waals surface area contributed by atoms with Gasteiger partial charge in [-0.25, -0.2) is 0 Å². The van der Waals surface area contributed by atoms with E-state index in [1.165, 1.54) is 17.8 Å². The fraction of sp³-hybridized carbons (Fsp3) is 0.190. The number of hydrogen-bond acceptors (Lipinski definition) is 8. The second-order valence-electron chi connectivity index (χ2n) is 6.84. The van der Waals surface area contributed by atoms with E-state index in [9.17, 15) is 10.1 Å². The highest BCUT2D eigenvalue weighted by molar-refractivity contribution is 5.68. The van der Waals surface area contributed by atoms with Crippen LogP contribution in [0, 0.1) is 10.1 Å². The van der Waals surface area contributed by atoms with Gasteiger partial charge in [-0.3, -0.25) is 10.1 Å². The summed E-state index contributed by atoms with van der Waals surface area (Å²) in [5.41, 5.74) is 7.96. The Morgan fingerprint density at radius 2 is 1.53 bits per heavy atom. The molecule has 1 aromatic heterocycles. The molecule has 9 heteroatoms. The van der Waals surface area contributed by atoms with Gasteiger partial charge in [0, 0.05) is 44.0 Å². The van der Waals surface area contributed by atoms with Crippen molar-refractivity contribution in [2.75, 3.05) is 41.7 Å². The highest BCUT2D eigenvalue weighted by atomic mass is 16.6. The van der Waals surface area contributed by atoms with Crippen molar-refractivity contribution in [2.45, 2.75) is 0 Å². The zero-order valence-electron chi connectivity index (χ0n) is 16.3. The smallest absolute Gasteiger partial charge is 0.269 e. The van der Waals surface area contributed by atoms with E-state index in [4.69, 9.17) is 5.73 Å². The first kappa shape index (κ1) is 19.3. The van der Waals surface area contributed by atoms with Crippen molar-refractivity contribution < 1.29 is 4.92 Å². The quantitative estimate of drug-likeness (QED) is 0.511. The monoisotopic (exact) mass is 403 g/mol. The van der Waals surface area contributed by atoms with Crippen LogP contribution < -0.4 is 15.5 Å². The van der Waals surface area contributed by atoms with Crippen LogP contribution in [0.25, 0.3) is 12.2 Å². The van der Waals surface area contributed by atoms with Crippen molar-refractivity contribution in [1.82, 2.24) is 15.0 Å². The van der Waals surface area contributed by atoms with Gasteiger partial charge in [0.05, 0.1) is 4.92 Å². The number of nitro groups is 1. The molecular formula is C21H21N7O2. The lowest BCUT2D eigenvalue weighted by Gasteiger charge is -2.36. The van der Waals surface area contributed by atoms with Crippen LogP contribution in [-0.4, -0.2) is 46.1 Å². The number of rotatable bonds is 5. The first-order valence-corrected chi connectivity index (χ1v) is 9.57. The van der Waals surface area contributed by atoms with E-state index in [1.54, 1.807) is 24.3 Å². The van der Waals surface area contributed by atoms with Crippen molar-refractivity contribution >= 4 is 35.4 Å². The number of piperazine rings is 1. The summed E-state index contributed by atoms with van der Waals surface area (Å²) in [7, 11) is 0. The highest BCUT2D eigenvalue weighted by Gasteiger charge is 2.20. The molecule has 0 radical (unpaired) electrons.